The molecule has 0 spiro atoms. The van der Waals surface area contributed by atoms with E-state index >= 15 is 4.39 Å². The molecule has 1 saturated carbocycles. The van der Waals surface area contributed by atoms with Crippen LogP contribution in [0, 0.1) is 11.2 Å². The lowest BCUT2D eigenvalue weighted by Gasteiger charge is -2.34. The normalized spacial score (nSPS) is 18.1. The molecule has 16 nitrogen and oxygen atoms in total. The van der Waals surface area contributed by atoms with Crippen molar-refractivity contribution in [2.24, 2.45) is 5.41 Å². The molecule has 5 heterocycles. The Kier molecular flexibility index (Phi) is 12.4. The molecule has 1 aliphatic carbocycles. The average Bonchev–Trinajstić information content (AvgIpc) is 3.50. The molecule has 17 heteroatoms. The van der Waals surface area contributed by atoms with E-state index in [0.717, 1.165) is 36.2 Å². The SMILES string of the molecule is CC(C)(C)[C@H](NC(=O)CCCCCNC(=O)CN1CCN(C(=O)c2ccc(Nc3nc(C4CC4)cn4c(-c5cn[nH]c5)cnc34)c(F)c2)CC1)C(=O)N1CC[C@@H](O)C1. The first kappa shape index (κ1) is 40.8. The molecule has 58 heavy (non-hydrogen) atoms. The predicted octanol–water partition coefficient (Wildman–Crippen LogP) is 3.44. The van der Waals surface area contributed by atoms with Crippen LogP contribution in [0.25, 0.3) is 16.9 Å². The van der Waals surface area contributed by atoms with Crippen molar-refractivity contribution in [1.82, 2.24) is 49.9 Å². The number of fused-ring (bicyclic) bond motifs is 1. The number of β-amino-alcohol motifs (C(OH)–C–C–N with tert-alkyl or cyclic N) is 1. The lowest BCUT2D eigenvalue weighted by Crippen LogP contribution is -2.54. The number of likely N-dealkylation sites (tertiary alicyclic amines) is 1. The highest BCUT2D eigenvalue weighted by molar-refractivity contribution is 5.95. The first-order valence-corrected chi connectivity index (χ1v) is 20.3. The number of piperazine rings is 1. The molecule has 3 aromatic heterocycles. The highest BCUT2D eigenvalue weighted by Gasteiger charge is 2.38. The zero-order valence-corrected chi connectivity index (χ0v) is 33.5. The van der Waals surface area contributed by atoms with Gasteiger partial charge in [0, 0.05) is 81.7 Å². The number of benzene rings is 1. The number of unbranched alkanes of at least 4 members (excludes halogenated alkanes) is 2. The summed E-state index contributed by atoms with van der Waals surface area (Å²) in [6, 6.07) is 3.73. The second-order valence-corrected chi connectivity index (χ2v) is 16.8. The Morgan fingerprint density at radius 1 is 0.983 bits per heavy atom. The number of carbonyl (C=O) groups is 4. The number of imidazole rings is 1. The predicted molar refractivity (Wildman–Crippen MR) is 215 cm³/mol. The van der Waals surface area contributed by atoms with Crippen LogP contribution < -0.4 is 16.0 Å². The van der Waals surface area contributed by atoms with Crippen molar-refractivity contribution in [3.8, 4) is 11.3 Å². The standard InChI is InChI=1S/C41H54FN11O5/c1-41(2,3)36(40(58)52-14-12-29(54)23-52)49-34(55)7-5-4-6-13-43-35(56)25-50-15-17-51(18-16-50)39(57)27-10-11-31(30(42)19-27)47-37-38-44-22-33(28-20-45-46-21-28)53(38)24-32(48-37)26-8-9-26/h10-11,19-22,24,26,29,36,54H,4-9,12-18,23,25H2,1-3H3,(H,43,56)(H,45,46)(H,47,48)(H,49,55)/t29-,36-/m1/s1. The summed E-state index contributed by atoms with van der Waals surface area (Å²) < 4.78 is 17.5. The van der Waals surface area contributed by atoms with Gasteiger partial charge in [-0.05, 0) is 55.7 Å². The molecule has 2 saturated heterocycles. The van der Waals surface area contributed by atoms with E-state index in [2.05, 4.69) is 31.1 Å². The minimum atomic E-state index is -0.667. The van der Waals surface area contributed by atoms with E-state index in [4.69, 9.17) is 4.98 Å². The number of nitrogens with one attached hydrogen (secondary N) is 4. The Balaban J connectivity index is 0.821. The number of anilines is 2. The van der Waals surface area contributed by atoms with Crippen molar-refractivity contribution in [2.75, 3.05) is 57.7 Å². The van der Waals surface area contributed by atoms with E-state index in [1.807, 2.05) is 36.3 Å². The van der Waals surface area contributed by atoms with Crippen LogP contribution in [0.4, 0.5) is 15.9 Å². The van der Waals surface area contributed by atoms with Crippen molar-refractivity contribution >= 4 is 40.8 Å². The van der Waals surface area contributed by atoms with Gasteiger partial charge in [0.15, 0.2) is 11.5 Å². The lowest BCUT2D eigenvalue weighted by molar-refractivity contribution is -0.138. The van der Waals surface area contributed by atoms with E-state index in [1.165, 1.54) is 6.07 Å². The molecule has 2 aliphatic heterocycles. The van der Waals surface area contributed by atoms with E-state index in [-0.39, 0.29) is 47.8 Å². The second kappa shape index (κ2) is 17.6. The van der Waals surface area contributed by atoms with Crippen molar-refractivity contribution in [1.29, 1.82) is 0 Å². The third-order valence-corrected chi connectivity index (χ3v) is 11.1. The smallest absolute Gasteiger partial charge is 0.254 e. The van der Waals surface area contributed by atoms with Crippen molar-refractivity contribution < 1.29 is 28.7 Å². The molecule has 1 aromatic carbocycles. The van der Waals surface area contributed by atoms with Gasteiger partial charge in [0.2, 0.25) is 17.7 Å². The molecule has 5 N–H and O–H groups in total. The van der Waals surface area contributed by atoms with E-state index in [0.29, 0.717) is 82.5 Å². The van der Waals surface area contributed by atoms with Gasteiger partial charge >= 0.3 is 0 Å². The first-order chi connectivity index (χ1) is 27.8. The summed E-state index contributed by atoms with van der Waals surface area (Å²) in [4.78, 5) is 66.5. The van der Waals surface area contributed by atoms with Gasteiger partial charge in [-0.15, -0.1) is 0 Å². The molecule has 4 amide bonds. The summed E-state index contributed by atoms with van der Waals surface area (Å²) >= 11 is 0. The highest BCUT2D eigenvalue weighted by atomic mass is 19.1. The minimum Gasteiger partial charge on any atom is -0.391 e. The van der Waals surface area contributed by atoms with Gasteiger partial charge < -0.3 is 30.9 Å². The third kappa shape index (κ3) is 9.81. The average molecular weight is 800 g/mol. The number of aliphatic hydroxyl groups is 1. The van der Waals surface area contributed by atoms with Gasteiger partial charge in [-0.25, -0.2) is 14.4 Å². The van der Waals surface area contributed by atoms with Gasteiger partial charge in [0.25, 0.3) is 5.91 Å². The number of H-pyrrole nitrogens is 1. The van der Waals surface area contributed by atoms with Crippen molar-refractivity contribution in [3.63, 3.8) is 0 Å². The number of carbonyl (C=O) groups excluding carboxylic acids is 4. The van der Waals surface area contributed by atoms with Crippen LogP contribution in [0.3, 0.4) is 0 Å². The summed E-state index contributed by atoms with van der Waals surface area (Å²) in [5.41, 5.74) is 3.11. The molecule has 4 aromatic rings. The zero-order valence-electron chi connectivity index (χ0n) is 33.5. The Hall–Kier alpha value is -5.42. The van der Waals surface area contributed by atoms with E-state index in [1.54, 1.807) is 40.5 Å². The van der Waals surface area contributed by atoms with Crippen molar-refractivity contribution in [2.45, 2.75) is 83.8 Å². The van der Waals surface area contributed by atoms with Crippen LogP contribution in [0.2, 0.25) is 0 Å². The summed E-state index contributed by atoms with van der Waals surface area (Å²) in [5, 5.41) is 25.7. The third-order valence-electron chi connectivity index (χ3n) is 11.1. The van der Waals surface area contributed by atoms with Gasteiger partial charge in [-0.3, -0.25) is 33.6 Å². The number of aliphatic hydroxyl groups excluding tert-OH is 1. The molecule has 7 rings (SSSR count). The van der Waals surface area contributed by atoms with Crippen LogP contribution in [0.1, 0.15) is 87.7 Å². The van der Waals surface area contributed by atoms with Crippen LogP contribution in [-0.2, 0) is 14.4 Å². The highest BCUT2D eigenvalue weighted by Crippen LogP contribution is 2.40. The molecule has 3 aliphatic rings. The summed E-state index contributed by atoms with van der Waals surface area (Å²) in [7, 11) is 0. The number of rotatable bonds is 15. The maximum atomic E-state index is 15.6. The van der Waals surface area contributed by atoms with Crippen LogP contribution in [0.15, 0.2) is 43.0 Å². The fraction of sp³-hybridized carbons (Fsp3) is 0.537. The maximum Gasteiger partial charge on any atom is 0.254 e. The van der Waals surface area contributed by atoms with Gasteiger partial charge in [-0.1, -0.05) is 27.2 Å². The summed E-state index contributed by atoms with van der Waals surface area (Å²) in [5.74, 6) is -0.535. The number of halogens is 1. The largest absolute Gasteiger partial charge is 0.391 e. The molecule has 0 radical (unpaired) electrons. The molecular formula is C41H54FN11O5. The van der Waals surface area contributed by atoms with Gasteiger partial charge in [0.05, 0.1) is 42.1 Å². The molecule has 0 unspecified atom stereocenters. The van der Waals surface area contributed by atoms with Crippen LogP contribution in [-0.4, -0.2) is 133 Å². The lowest BCUT2D eigenvalue weighted by atomic mass is 9.85. The fourth-order valence-electron chi connectivity index (χ4n) is 7.52. The zero-order chi connectivity index (χ0) is 41.0. The molecule has 310 valence electrons. The molecule has 0 bridgehead atoms. The van der Waals surface area contributed by atoms with E-state index < -0.39 is 23.4 Å². The Morgan fingerprint density at radius 3 is 2.45 bits per heavy atom. The van der Waals surface area contributed by atoms with Gasteiger partial charge in [-0.2, -0.15) is 5.10 Å². The number of nitrogens with zero attached hydrogens (tertiary/aromatic N) is 7. The number of aromatic nitrogens is 5. The fourth-order valence-corrected chi connectivity index (χ4v) is 7.52. The Morgan fingerprint density at radius 2 is 1.78 bits per heavy atom. The summed E-state index contributed by atoms with van der Waals surface area (Å²) in [6.45, 7) is 9.05. The Labute approximate surface area is 337 Å². The molecular weight excluding hydrogens is 746 g/mol. The number of hydrogen-bond acceptors (Lipinski definition) is 10. The first-order valence-electron chi connectivity index (χ1n) is 20.3. The van der Waals surface area contributed by atoms with E-state index in [9.17, 15) is 24.3 Å². The number of amides is 4. The maximum absolute atomic E-state index is 15.6. The topological polar surface area (TPSA) is 193 Å². The van der Waals surface area contributed by atoms with Crippen LogP contribution >= 0.6 is 0 Å². The number of hydrogen-bond donors (Lipinski definition) is 5. The minimum absolute atomic E-state index is 0.108. The molecule has 2 atom stereocenters. The second-order valence-electron chi connectivity index (χ2n) is 16.8. The molecule has 3 fully saturated rings. The van der Waals surface area contributed by atoms with Crippen LogP contribution in [0.5, 0.6) is 0 Å². The Bertz CT molecular complexity index is 2100. The van der Waals surface area contributed by atoms with Gasteiger partial charge in [0.1, 0.15) is 11.9 Å². The monoisotopic (exact) mass is 799 g/mol. The summed E-state index contributed by atoms with van der Waals surface area (Å²) in [6.07, 6.45) is 11.7. The quantitative estimate of drug-likeness (QED) is 0.111. The number of aromatic amines is 1. The van der Waals surface area contributed by atoms with Crippen molar-refractivity contribution in [3.05, 3.63) is 60.1 Å².